The van der Waals surface area contributed by atoms with Gasteiger partial charge in [-0.05, 0) is 25.3 Å². The van der Waals surface area contributed by atoms with Gasteiger partial charge in [0.05, 0.1) is 11.8 Å². The molecule has 2 aliphatic rings. The summed E-state index contributed by atoms with van der Waals surface area (Å²) in [5.74, 6) is -1.68. The highest BCUT2D eigenvalue weighted by Gasteiger charge is 2.47. The van der Waals surface area contributed by atoms with Crippen molar-refractivity contribution in [1.82, 2.24) is 4.90 Å². The molecule has 5 heteroatoms. The van der Waals surface area contributed by atoms with E-state index in [1.807, 2.05) is 43.3 Å². The third-order valence-electron chi connectivity index (χ3n) is 4.41. The molecule has 120 valence electrons. The lowest BCUT2D eigenvalue weighted by molar-refractivity contribution is -0.153. The summed E-state index contributed by atoms with van der Waals surface area (Å²) in [6.45, 7) is 1.83. The zero-order valence-corrected chi connectivity index (χ0v) is 13.0. The lowest BCUT2D eigenvalue weighted by Gasteiger charge is -2.14. The van der Waals surface area contributed by atoms with Crippen molar-refractivity contribution < 1.29 is 19.1 Å². The number of fused-ring (bicyclic) bond motifs is 1. The average Bonchev–Trinajstić information content (AvgIpc) is 2.80. The van der Waals surface area contributed by atoms with Gasteiger partial charge in [0, 0.05) is 0 Å². The van der Waals surface area contributed by atoms with Crippen LogP contribution in [0.4, 0.5) is 0 Å². The van der Waals surface area contributed by atoms with Gasteiger partial charge in [0.1, 0.15) is 13.2 Å². The number of benzene rings is 1. The van der Waals surface area contributed by atoms with E-state index in [0.717, 1.165) is 16.0 Å². The number of hydrogen-bond donors (Lipinski definition) is 0. The van der Waals surface area contributed by atoms with Gasteiger partial charge in [-0.1, -0.05) is 42.0 Å². The molecule has 0 spiro atoms. The highest BCUT2D eigenvalue weighted by Crippen LogP contribution is 2.34. The summed E-state index contributed by atoms with van der Waals surface area (Å²) in [5, 5.41) is 0. The van der Waals surface area contributed by atoms with Crippen molar-refractivity contribution in [2.75, 3.05) is 6.54 Å². The molecule has 3 rings (SSSR count). The number of aryl methyl sites for hydroxylation is 1. The highest BCUT2D eigenvalue weighted by atomic mass is 16.5. The number of hydrogen-bond acceptors (Lipinski definition) is 4. The largest absolute Gasteiger partial charge is 0.459 e. The third-order valence-corrected chi connectivity index (χ3v) is 4.41. The number of esters is 1. The van der Waals surface area contributed by atoms with Gasteiger partial charge in [-0.15, -0.1) is 0 Å². The van der Waals surface area contributed by atoms with Crippen molar-refractivity contribution in [2.24, 2.45) is 11.8 Å². The maximum atomic E-state index is 12.3. The summed E-state index contributed by atoms with van der Waals surface area (Å²) in [4.78, 5) is 37.5. The van der Waals surface area contributed by atoms with Gasteiger partial charge in [-0.2, -0.15) is 0 Å². The molecule has 0 N–H and O–H groups in total. The normalized spacial score (nSPS) is 23.1. The van der Waals surface area contributed by atoms with E-state index in [0.29, 0.717) is 12.8 Å². The minimum absolute atomic E-state index is 0.143. The lowest BCUT2D eigenvalue weighted by Crippen LogP contribution is -2.36. The number of carbonyl (C=O) groups excluding carboxylic acids is 3. The Morgan fingerprint density at radius 2 is 1.65 bits per heavy atom. The molecular formula is C18H19NO4. The molecule has 2 amide bonds. The van der Waals surface area contributed by atoms with E-state index in [1.54, 1.807) is 0 Å². The van der Waals surface area contributed by atoms with Crippen molar-refractivity contribution in [3.63, 3.8) is 0 Å². The summed E-state index contributed by atoms with van der Waals surface area (Å²) < 4.78 is 5.18. The van der Waals surface area contributed by atoms with E-state index in [4.69, 9.17) is 4.74 Å². The van der Waals surface area contributed by atoms with Gasteiger partial charge in [0.15, 0.2) is 0 Å². The van der Waals surface area contributed by atoms with Crippen molar-refractivity contribution in [2.45, 2.75) is 26.4 Å². The average molecular weight is 313 g/mol. The van der Waals surface area contributed by atoms with E-state index in [1.165, 1.54) is 0 Å². The second-order valence-corrected chi connectivity index (χ2v) is 6.06. The molecule has 2 atom stereocenters. The molecule has 1 fully saturated rings. The van der Waals surface area contributed by atoms with Crippen LogP contribution in [0.25, 0.3) is 0 Å². The quantitative estimate of drug-likeness (QED) is 0.484. The fourth-order valence-corrected chi connectivity index (χ4v) is 3.05. The topological polar surface area (TPSA) is 63.7 Å². The fraction of sp³-hybridized carbons (Fsp3) is 0.389. The first kappa shape index (κ1) is 15.5. The molecule has 1 aliphatic heterocycles. The van der Waals surface area contributed by atoms with Crippen LogP contribution in [0.15, 0.2) is 36.4 Å². The minimum Gasteiger partial charge on any atom is -0.459 e. The summed E-state index contributed by atoms with van der Waals surface area (Å²) in [5.41, 5.74) is 2.01. The van der Waals surface area contributed by atoms with Crippen molar-refractivity contribution >= 4 is 17.8 Å². The van der Waals surface area contributed by atoms with Crippen molar-refractivity contribution in [3.05, 3.63) is 47.5 Å². The molecule has 0 unspecified atom stereocenters. The molecule has 0 aromatic heterocycles. The zero-order valence-electron chi connectivity index (χ0n) is 13.0. The van der Waals surface area contributed by atoms with E-state index >= 15 is 0 Å². The number of ether oxygens (including phenoxy) is 1. The Balaban J connectivity index is 1.56. The van der Waals surface area contributed by atoms with Gasteiger partial charge in [-0.25, -0.2) is 0 Å². The Labute approximate surface area is 134 Å². The van der Waals surface area contributed by atoms with Gasteiger partial charge in [-0.3, -0.25) is 19.3 Å². The first-order chi connectivity index (χ1) is 11.1. The predicted octanol–water partition coefficient (Wildman–Crippen LogP) is 1.99. The van der Waals surface area contributed by atoms with Gasteiger partial charge in [0.2, 0.25) is 11.8 Å². The van der Waals surface area contributed by atoms with Gasteiger partial charge in [0.25, 0.3) is 0 Å². The molecule has 5 nitrogen and oxygen atoms in total. The van der Waals surface area contributed by atoms with Crippen LogP contribution in [-0.2, 0) is 25.7 Å². The summed E-state index contributed by atoms with van der Waals surface area (Å²) in [6.07, 6.45) is 4.99. The van der Waals surface area contributed by atoms with Crippen LogP contribution in [0.5, 0.6) is 0 Å². The van der Waals surface area contributed by atoms with Crippen LogP contribution >= 0.6 is 0 Å². The second kappa shape index (κ2) is 6.36. The van der Waals surface area contributed by atoms with Crippen LogP contribution in [0.2, 0.25) is 0 Å². The smallest absolute Gasteiger partial charge is 0.326 e. The molecule has 1 aromatic rings. The Hall–Kier alpha value is -2.43. The molecule has 0 bridgehead atoms. The Kier molecular flexibility index (Phi) is 4.28. The standard InChI is InChI=1S/C18H19NO4/c1-12-6-8-13(9-7-12)11-23-16(20)10-19-17(21)14-4-2-3-5-15(14)18(19)22/h2-3,6-9,14-15H,4-5,10-11H2,1H3/t14-,15+. The van der Waals surface area contributed by atoms with Gasteiger partial charge < -0.3 is 4.74 Å². The molecular weight excluding hydrogens is 294 g/mol. The number of allylic oxidation sites excluding steroid dienone is 2. The summed E-state index contributed by atoms with van der Waals surface area (Å²) >= 11 is 0. The van der Waals surface area contributed by atoms with Crippen LogP contribution < -0.4 is 0 Å². The van der Waals surface area contributed by atoms with Crippen LogP contribution in [0.1, 0.15) is 24.0 Å². The van der Waals surface area contributed by atoms with Crippen molar-refractivity contribution in [1.29, 1.82) is 0 Å². The number of carbonyl (C=O) groups is 3. The van der Waals surface area contributed by atoms with Crippen LogP contribution in [-0.4, -0.2) is 29.2 Å². The number of likely N-dealkylation sites (tertiary alicyclic amines) is 1. The number of rotatable bonds is 4. The summed E-state index contributed by atoms with van der Waals surface area (Å²) in [6, 6.07) is 7.65. The monoisotopic (exact) mass is 313 g/mol. The van der Waals surface area contributed by atoms with Crippen LogP contribution in [0.3, 0.4) is 0 Å². The molecule has 1 heterocycles. The molecule has 1 saturated heterocycles. The first-order valence-electron chi connectivity index (χ1n) is 7.77. The lowest BCUT2D eigenvalue weighted by atomic mass is 9.85. The Morgan fingerprint density at radius 3 is 2.22 bits per heavy atom. The zero-order chi connectivity index (χ0) is 16.4. The molecule has 23 heavy (non-hydrogen) atoms. The molecule has 1 aliphatic carbocycles. The number of imide groups is 1. The third kappa shape index (κ3) is 3.18. The second-order valence-electron chi connectivity index (χ2n) is 6.06. The van der Waals surface area contributed by atoms with E-state index in [-0.39, 0.29) is 36.8 Å². The van der Waals surface area contributed by atoms with Crippen LogP contribution in [0, 0.1) is 18.8 Å². The number of amides is 2. The molecule has 1 aromatic carbocycles. The maximum Gasteiger partial charge on any atom is 0.326 e. The number of nitrogens with zero attached hydrogens (tertiary/aromatic N) is 1. The van der Waals surface area contributed by atoms with E-state index in [9.17, 15) is 14.4 Å². The van der Waals surface area contributed by atoms with E-state index in [2.05, 4.69) is 0 Å². The molecule has 0 saturated carbocycles. The minimum atomic E-state index is -0.557. The van der Waals surface area contributed by atoms with Gasteiger partial charge >= 0.3 is 5.97 Å². The van der Waals surface area contributed by atoms with E-state index < -0.39 is 5.97 Å². The highest BCUT2D eigenvalue weighted by molar-refractivity contribution is 6.07. The Morgan fingerprint density at radius 1 is 1.09 bits per heavy atom. The fourth-order valence-electron chi connectivity index (χ4n) is 3.05. The van der Waals surface area contributed by atoms with Crippen molar-refractivity contribution in [3.8, 4) is 0 Å². The molecule has 0 radical (unpaired) electrons. The predicted molar refractivity (Wildman–Crippen MR) is 83.0 cm³/mol. The SMILES string of the molecule is Cc1ccc(COC(=O)CN2C(=O)[C@H]3CC=CC[C@H]3C2=O)cc1. The maximum absolute atomic E-state index is 12.3. The first-order valence-corrected chi connectivity index (χ1v) is 7.77. The Bertz CT molecular complexity index is 636. The summed E-state index contributed by atoms with van der Waals surface area (Å²) in [7, 11) is 0.